The number of benzene rings is 2. The fourth-order valence-electron chi connectivity index (χ4n) is 2.02. The molecule has 0 aromatic heterocycles. The third-order valence-corrected chi connectivity index (χ3v) is 3.79. The number of hydrogen-bond donors (Lipinski definition) is 2. The monoisotopic (exact) mass is 343 g/mol. The first kappa shape index (κ1) is 17.7. The van der Waals surface area contributed by atoms with Crippen LogP contribution in [0, 0.1) is 6.92 Å². The van der Waals surface area contributed by atoms with Crippen molar-refractivity contribution in [2.45, 2.75) is 19.8 Å². The highest BCUT2D eigenvalue weighted by Crippen LogP contribution is 2.22. The van der Waals surface area contributed by atoms with Gasteiger partial charge < -0.3 is 5.32 Å². The van der Waals surface area contributed by atoms with Crippen molar-refractivity contribution in [3.8, 4) is 0 Å². The highest BCUT2D eigenvalue weighted by Gasteiger charge is 2.14. The number of nitrogens with zero attached hydrogens (tertiary/aromatic N) is 1. The maximum Gasteiger partial charge on any atom is 0.329 e. The molecule has 2 aromatic rings. The van der Waals surface area contributed by atoms with Crippen molar-refractivity contribution < 1.29 is 9.59 Å². The molecule has 2 N–H and O–H groups in total. The number of carbonyl (C=O) groups is 2. The van der Waals surface area contributed by atoms with Crippen molar-refractivity contribution in [3.63, 3.8) is 0 Å². The topological polar surface area (TPSA) is 70.6 Å². The van der Waals surface area contributed by atoms with Gasteiger partial charge in [-0.2, -0.15) is 5.10 Å². The first-order chi connectivity index (χ1) is 11.6. The van der Waals surface area contributed by atoms with Crippen molar-refractivity contribution in [1.29, 1.82) is 0 Å². The molecule has 24 heavy (non-hydrogen) atoms. The van der Waals surface area contributed by atoms with E-state index in [1.807, 2.05) is 30.3 Å². The van der Waals surface area contributed by atoms with E-state index in [2.05, 4.69) is 15.8 Å². The molecule has 0 unspecified atom stereocenters. The molecule has 5 nitrogen and oxygen atoms in total. The van der Waals surface area contributed by atoms with Gasteiger partial charge in [-0.3, -0.25) is 9.59 Å². The van der Waals surface area contributed by atoms with Crippen LogP contribution in [0.25, 0.3) is 0 Å². The lowest BCUT2D eigenvalue weighted by atomic mass is 10.1. The summed E-state index contributed by atoms with van der Waals surface area (Å²) in [5.74, 6) is -1.62. The van der Waals surface area contributed by atoms with E-state index in [-0.39, 0.29) is 0 Å². The Morgan fingerprint density at radius 3 is 2.58 bits per heavy atom. The number of nitrogens with one attached hydrogen (secondary N) is 2. The summed E-state index contributed by atoms with van der Waals surface area (Å²) in [5, 5.41) is 6.81. The summed E-state index contributed by atoms with van der Waals surface area (Å²) in [7, 11) is 0. The summed E-state index contributed by atoms with van der Waals surface area (Å²) < 4.78 is 0. The largest absolute Gasteiger partial charge is 0.329 e. The van der Waals surface area contributed by atoms with E-state index < -0.39 is 11.8 Å². The summed E-state index contributed by atoms with van der Waals surface area (Å²) in [6.07, 6.45) is 3.05. The Hall–Kier alpha value is -2.66. The zero-order valence-corrected chi connectivity index (χ0v) is 14.0. The second-order valence-electron chi connectivity index (χ2n) is 5.14. The van der Waals surface area contributed by atoms with Gasteiger partial charge in [-0.15, -0.1) is 0 Å². The summed E-state index contributed by atoms with van der Waals surface area (Å²) >= 11 is 5.97. The molecule has 2 aromatic carbocycles. The minimum atomic E-state index is -0.828. The standard InChI is InChI=1S/C18H18ClN3O2/c1-13-15(19)10-5-11-16(13)21-17(23)18(24)22-20-12-6-9-14-7-3-2-4-8-14/h2-5,7-8,10-12H,6,9H2,1H3,(H,21,23)(H,22,24)/b20-12+. The summed E-state index contributed by atoms with van der Waals surface area (Å²) in [6.45, 7) is 1.76. The molecule has 0 fully saturated rings. The van der Waals surface area contributed by atoms with Gasteiger partial charge in [0.2, 0.25) is 0 Å². The van der Waals surface area contributed by atoms with Crippen LogP contribution in [0.1, 0.15) is 17.5 Å². The van der Waals surface area contributed by atoms with Gasteiger partial charge in [0.1, 0.15) is 0 Å². The molecule has 0 aliphatic rings. The molecular weight excluding hydrogens is 326 g/mol. The molecule has 0 aliphatic heterocycles. The van der Waals surface area contributed by atoms with Gasteiger partial charge in [0, 0.05) is 16.9 Å². The van der Waals surface area contributed by atoms with Crippen LogP contribution in [-0.4, -0.2) is 18.0 Å². The van der Waals surface area contributed by atoms with Gasteiger partial charge >= 0.3 is 11.8 Å². The molecule has 2 rings (SSSR count). The molecule has 0 saturated carbocycles. The van der Waals surface area contributed by atoms with Crippen LogP contribution in [0.2, 0.25) is 5.02 Å². The van der Waals surface area contributed by atoms with Crippen molar-refractivity contribution in [2.75, 3.05) is 5.32 Å². The van der Waals surface area contributed by atoms with Gasteiger partial charge in [0.25, 0.3) is 0 Å². The summed E-state index contributed by atoms with van der Waals surface area (Å²) in [6, 6.07) is 15.0. The van der Waals surface area contributed by atoms with Crippen LogP contribution in [0.5, 0.6) is 0 Å². The van der Waals surface area contributed by atoms with Crippen molar-refractivity contribution in [1.82, 2.24) is 5.43 Å². The number of carbonyl (C=O) groups excluding carboxylic acids is 2. The molecule has 6 heteroatoms. The van der Waals surface area contributed by atoms with Crippen LogP contribution < -0.4 is 10.7 Å². The second kappa shape index (κ2) is 8.84. The van der Waals surface area contributed by atoms with E-state index in [9.17, 15) is 9.59 Å². The first-order valence-electron chi connectivity index (χ1n) is 7.50. The minimum absolute atomic E-state index is 0.496. The van der Waals surface area contributed by atoms with Crippen LogP contribution in [0.15, 0.2) is 53.6 Å². The van der Waals surface area contributed by atoms with Crippen molar-refractivity contribution in [3.05, 3.63) is 64.7 Å². The molecule has 0 spiro atoms. The van der Waals surface area contributed by atoms with Gasteiger partial charge in [-0.25, -0.2) is 5.43 Å². The lowest BCUT2D eigenvalue weighted by Crippen LogP contribution is -2.32. The summed E-state index contributed by atoms with van der Waals surface area (Å²) in [4.78, 5) is 23.5. The van der Waals surface area contributed by atoms with E-state index in [0.717, 1.165) is 6.42 Å². The van der Waals surface area contributed by atoms with Gasteiger partial charge in [0.15, 0.2) is 0 Å². The Kier molecular flexibility index (Phi) is 6.51. The smallest absolute Gasteiger partial charge is 0.317 e. The molecule has 0 radical (unpaired) electrons. The number of rotatable bonds is 5. The summed E-state index contributed by atoms with van der Waals surface area (Å²) in [5.41, 5.74) is 4.59. The maximum atomic E-state index is 11.8. The average Bonchev–Trinajstić information content (AvgIpc) is 2.59. The van der Waals surface area contributed by atoms with Gasteiger partial charge in [-0.05, 0) is 43.0 Å². The first-order valence-corrected chi connectivity index (χ1v) is 7.87. The number of aryl methyl sites for hydroxylation is 1. The van der Waals surface area contributed by atoms with Gasteiger partial charge in [0.05, 0.1) is 0 Å². The Morgan fingerprint density at radius 2 is 1.83 bits per heavy atom. The fourth-order valence-corrected chi connectivity index (χ4v) is 2.19. The van der Waals surface area contributed by atoms with Crippen LogP contribution in [0.3, 0.4) is 0 Å². The number of halogens is 1. The maximum absolute atomic E-state index is 11.8. The third kappa shape index (κ3) is 5.21. The molecule has 0 aliphatic carbocycles. The van der Waals surface area contributed by atoms with Crippen molar-refractivity contribution >= 4 is 35.3 Å². The van der Waals surface area contributed by atoms with Crippen molar-refractivity contribution in [2.24, 2.45) is 5.10 Å². The number of hydrazone groups is 1. The number of amides is 2. The normalized spacial score (nSPS) is 10.6. The zero-order chi connectivity index (χ0) is 17.4. The Balaban J connectivity index is 1.78. The minimum Gasteiger partial charge on any atom is -0.317 e. The van der Waals surface area contributed by atoms with E-state index in [1.54, 1.807) is 31.3 Å². The van der Waals surface area contributed by atoms with E-state index in [0.29, 0.717) is 22.7 Å². The van der Waals surface area contributed by atoms with E-state index in [1.165, 1.54) is 5.56 Å². The number of hydrogen-bond acceptors (Lipinski definition) is 3. The third-order valence-electron chi connectivity index (χ3n) is 3.38. The molecule has 0 saturated heterocycles. The lowest BCUT2D eigenvalue weighted by Gasteiger charge is -2.08. The SMILES string of the molecule is Cc1c(Cl)cccc1NC(=O)C(=O)N/N=C/CCc1ccccc1. The van der Waals surface area contributed by atoms with Crippen LogP contribution in [-0.2, 0) is 16.0 Å². The highest BCUT2D eigenvalue weighted by molar-refractivity contribution is 6.40. The van der Waals surface area contributed by atoms with E-state index in [4.69, 9.17) is 11.6 Å². The molecule has 124 valence electrons. The van der Waals surface area contributed by atoms with Gasteiger partial charge in [-0.1, -0.05) is 48.0 Å². The fraction of sp³-hybridized carbons (Fsp3) is 0.167. The predicted molar refractivity (Wildman–Crippen MR) is 96.2 cm³/mol. The lowest BCUT2D eigenvalue weighted by molar-refractivity contribution is -0.136. The quantitative estimate of drug-likeness (QED) is 0.496. The Bertz CT molecular complexity index is 745. The molecule has 0 heterocycles. The Labute approximate surface area is 145 Å². The van der Waals surface area contributed by atoms with Crippen LogP contribution >= 0.6 is 11.6 Å². The molecule has 2 amide bonds. The molecule has 0 atom stereocenters. The molecule has 0 bridgehead atoms. The zero-order valence-electron chi connectivity index (χ0n) is 13.3. The Morgan fingerprint density at radius 1 is 1.08 bits per heavy atom. The highest BCUT2D eigenvalue weighted by atomic mass is 35.5. The van der Waals surface area contributed by atoms with Crippen LogP contribution in [0.4, 0.5) is 5.69 Å². The number of anilines is 1. The van der Waals surface area contributed by atoms with E-state index >= 15 is 0 Å². The second-order valence-corrected chi connectivity index (χ2v) is 5.55. The molecular formula is C18H18ClN3O2. The predicted octanol–water partition coefficient (Wildman–Crippen LogP) is 3.32. The average molecular weight is 344 g/mol.